The minimum absolute atomic E-state index is 0.662. The lowest BCUT2D eigenvalue weighted by molar-refractivity contribution is 0.929. The van der Waals surface area contributed by atoms with Gasteiger partial charge < -0.3 is 4.57 Å². The quantitative estimate of drug-likeness (QED) is 0.201. The zero-order valence-electron chi connectivity index (χ0n) is 26.0. The van der Waals surface area contributed by atoms with Crippen molar-refractivity contribution in [3.8, 4) is 39.9 Å². The molecule has 0 unspecified atom stereocenters. The second-order valence-corrected chi connectivity index (χ2v) is 12.4. The zero-order chi connectivity index (χ0) is 31.2. The molecule has 0 atom stereocenters. The molecule has 2 aromatic heterocycles. The van der Waals surface area contributed by atoms with E-state index >= 15 is 0 Å². The summed E-state index contributed by atoms with van der Waals surface area (Å²) in [5.41, 5.74) is 12.2. The third-order valence-corrected chi connectivity index (χ3v) is 9.46. The molecule has 4 nitrogen and oxygen atoms in total. The molecule has 0 aliphatic heterocycles. The summed E-state index contributed by atoms with van der Waals surface area (Å²) >= 11 is 0. The van der Waals surface area contributed by atoms with Crippen LogP contribution < -0.4 is 0 Å². The Balaban J connectivity index is 1.19. The summed E-state index contributed by atoms with van der Waals surface area (Å²) in [6.07, 6.45) is 4.04. The summed E-state index contributed by atoms with van der Waals surface area (Å²) in [4.78, 5) is 14.8. The Hall–Kier alpha value is -5.87. The SMILES string of the molecule is c1ccc(-c2nc(-c3ccccc3)nc(-c3ccc(-n4c5ccccc5c5c6ccc(c54)CCc4ccc(cc4)CC6)cc3)n2)cc1. The van der Waals surface area contributed by atoms with Crippen LogP contribution in [0.3, 0.4) is 0 Å². The van der Waals surface area contributed by atoms with Gasteiger partial charge in [-0.2, -0.15) is 0 Å². The molecule has 12 rings (SSSR count). The van der Waals surface area contributed by atoms with Crippen molar-refractivity contribution in [2.75, 3.05) is 0 Å². The van der Waals surface area contributed by atoms with Crippen molar-refractivity contribution < 1.29 is 0 Å². The molecule has 0 saturated heterocycles. The van der Waals surface area contributed by atoms with Crippen LogP contribution in [0.1, 0.15) is 22.3 Å². The van der Waals surface area contributed by atoms with Gasteiger partial charge in [0.2, 0.25) is 0 Å². The van der Waals surface area contributed by atoms with Gasteiger partial charge in [0, 0.05) is 33.2 Å². The number of hydrogen-bond donors (Lipinski definition) is 0. The average molecular weight is 605 g/mol. The maximum Gasteiger partial charge on any atom is 0.164 e. The number of rotatable bonds is 4. The minimum Gasteiger partial charge on any atom is -0.309 e. The number of nitrogens with zero attached hydrogens (tertiary/aromatic N) is 4. The van der Waals surface area contributed by atoms with Gasteiger partial charge in [-0.15, -0.1) is 0 Å². The number of benzene rings is 6. The Labute approximate surface area is 274 Å². The van der Waals surface area contributed by atoms with Gasteiger partial charge in [0.25, 0.3) is 0 Å². The van der Waals surface area contributed by atoms with Crippen LogP contribution in [0.25, 0.3) is 61.7 Å². The predicted molar refractivity (Wildman–Crippen MR) is 192 cm³/mol. The Bertz CT molecular complexity index is 2320. The van der Waals surface area contributed by atoms with Crippen molar-refractivity contribution in [1.82, 2.24) is 19.5 Å². The Morgan fingerprint density at radius 2 is 0.894 bits per heavy atom. The maximum atomic E-state index is 4.96. The van der Waals surface area contributed by atoms with Crippen LogP contribution in [0.2, 0.25) is 0 Å². The topological polar surface area (TPSA) is 43.6 Å². The molecule has 224 valence electrons. The van der Waals surface area contributed by atoms with Gasteiger partial charge in [0.05, 0.1) is 11.0 Å². The Morgan fingerprint density at radius 3 is 1.49 bits per heavy atom. The lowest BCUT2D eigenvalue weighted by Gasteiger charge is -2.15. The molecule has 0 N–H and O–H groups in total. The number of fused-ring (bicyclic) bond motifs is 1. The van der Waals surface area contributed by atoms with Gasteiger partial charge in [0.15, 0.2) is 17.5 Å². The maximum absolute atomic E-state index is 4.96. The molecule has 2 heterocycles. The molecular formula is C43H32N4. The lowest BCUT2D eigenvalue weighted by Crippen LogP contribution is -2.03. The molecule has 4 aliphatic rings. The molecule has 8 aromatic rings. The highest BCUT2D eigenvalue weighted by atomic mass is 15.0. The van der Waals surface area contributed by atoms with Crippen LogP contribution in [-0.4, -0.2) is 19.5 Å². The first-order valence-corrected chi connectivity index (χ1v) is 16.4. The summed E-state index contributed by atoms with van der Waals surface area (Å²) in [5.74, 6) is 2.00. The fourth-order valence-corrected chi connectivity index (χ4v) is 7.04. The van der Waals surface area contributed by atoms with Crippen molar-refractivity contribution >= 4 is 21.8 Å². The number of hydrogen-bond acceptors (Lipinski definition) is 3. The number of aromatic nitrogens is 4. The second kappa shape index (κ2) is 11.5. The molecule has 47 heavy (non-hydrogen) atoms. The molecule has 4 heteroatoms. The van der Waals surface area contributed by atoms with Crippen LogP contribution in [0, 0.1) is 0 Å². The van der Waals surface area contributed by atoms with E-state index in [0.29, 0.717) is 17.5 Å². The average Bonchev–Trinajstić information content (AvgIpc) is 3.49. The van der Waals surface area contributed by atoms with E-state index in [2.05, 4.69) is 89.5 Å². The molecule has 0 radical (unpaired) electrons. The van der Waals surface area contributed by atoms with Crippen LogP contribution in [-0.2, 0) is 25.7 Å². The normalized spacial score (nSPS) is 12.8. The summed E-state index contributed by atoms with van der Waals surface area (Å²) in [6, 6.07) is 51.8. The van der Waals surface area contributed by atoms with Crippen LogP contribution in [0.15, 0.2) is 146 Å². The minimum atomic E-state index is 0.662. The molecular weight excluding hydrogens is 573 g/mol. The highest BCUT2D eigenvalue weighted by Crippen LogP contribution is 2.38. The highest BCUT2D eigenvalue weighted by molar-refractivity contribution is 6.12. The van der Waals surface area contributed by atoms with Crippen molar-refractivity contribution in [1.29, 1.82) is 0 Å². The number of para-hydroxylation sites is 1. The van der Waals surface area contributed by atoms with Gasteiger partial charge in [-0.05, 0) is 78.3 Å². The summed E-state index contributed by atoms with van der Waals surface area (Å²) in [5, 5.41) is 2.70. The lowest BCUT2D eigenvalue weighted by atomic mass is 9.93. The van der Waals surface area contributed by atoms with Crippen LogP contribution in [0.5, 0.6) is 0 Å². The smallest absolute Gasteiger partial charge is 0.164 e. The molecule has 0 amide bonds. The molecule has 6 aromatic carbocycles. The predicted octanol–water partition coefficient (Wildman–Crippen LogP) is 9.85. The van der Waals surface area contributed by atoms with Gasteiger partial charge in [-0.1, -0.05) is 115 Å². The second-order valence-electron chi connectivity index (χ2n) is 12.4. The fraction of sp³-hybridized carbons (Fsp3) is 0.0930. The Kier molecular flexibility index (Phi) is 6.71. The monoisotopic (exact) mass is 604 g/mol. The molecule has 0 saturated carbocycles. The highest BCUT2D eigenvalue weighted by Gasteiger charge is 2.20. The van der Waals surface area contributed by atoms with Gasteiger partial charge in [-0.25, -0.2) is 15.0 Å². The third-order valence-electron chi connectivity index (χ3n) is 9.46. The Morgan fingerprint density at radius 1 is 0.404 bits per heavy atom. The summed E-state index contributed by atoms with van der Waals surface area (Å²) in [6.45, 7) is 0. The summed E-state index contributed by atoms with van der Waals surface area (Å²) in [7, 11) is 0. The van der Waals surface area contributed by atoms with E-state index in [4.69, 9.17) is 15.0 Å². The van der Waals surface area contributed by atoms with Crippen LogP contribution >= 0.6 is 0 Å². The van der Waals surface area contributed by atoms with Crippen molar-refractivity contribution in [2.24, 2.45) is 0 Å². The molecule has 0 spiro atoms. The zero-order valence-corrected chi connectivity index (χ0v) is 26.0. The fourth-order valence-electron chi connectivity index (χ4n) is 7.04. The van der Waals surface area contributed by atoms with E-state index in [0.717, 1.165) is 48.1 Å². The van der Waals surface area contributed by atoms with Gasteiger partial charge in [0.1, 0.15) is 0 Å². The van der Waals surface area contributed by atoms with Crippen molar-refractivity contribution in [2.45, 2.75) is 25.7 Å². The van der Waals surface area contributed by atoms with Gasteiger partial charge in [-0.3, -0.25) is 0 Å². The molecule has 4 aliphatic carbocycles. The van der Waals surface area contributed by atoms with E-state index in [1.165, 1.54) is 44.1 Å². The van der Waals surface area contributed by atoms with E-state index in [9.17, 15) is 0 Å². The van der Waals surface area contributed by atoms with Crippen molar-refractivity contribution in [3.63, 3.8) is 0 Å². The molecule has 0 fully saturated rings. The summed E-state index contributed by atoms with van der Waals surface area (Å²) < 4.78 is 2.47. The van der Waals surface area contributed by atoms with Crippen molar-refractivity contribution in [3.05, 3.63) is 168 Å². The van der Waals surface area contributed by atoms with E-state index in [1.54, 1.807) is 0 Å². The number of aryl methyl sites for hydroxylation is 4. The van der Waals surface area contributed by atoms with E-state index in [1.807, 2.05) is 60.7 Å². The first kappa shape index (κ1) is 27.4. The molecule has 4 bridgehead atoms. The first-order chi connectivity index (χ1) is 23.3. The van der Waals surface area contributed by atoms with E-state index < -0.39 is 0 Å². The van der Waals surface area contributed by atoms with Gasteiger partial charge >= 0.3 is 0 Å². The van der Waals surface area contributed by atoms with E-state index in [-0.39, 0.29) is 0 Å². The third kappa shape index (κ3) is 4.99. The first-order valence-electron chi connectivity index (χ1n) is 16.4. The standard InChI is InChI=1S/C43H32N4/c1-3-9-33(10-4-1)41-44-42(34-11-5-2-6-12-34)46-43(45-41)35-25-27-36(28-26-35)47-38-14-8-7-13-37(38)39-31-21-19-29-15-17-30(18-16-29)20-22-32(24-23-31)40(39)47/h1-18,23-28H,19-22H2. The van der Waals surface area contributed by atoms with Crippen LogP contribution in [0.4, 0.5) is 0 Å². The largest absolute Gasteiger partial charge is 0.309 e.